The highest BCUT2D eigenvalue weighted by molar-refractivity contribution is 6.40. The summed E-state index contributed by atoms with van der Waals surface area (Å²) in [4.78, 5) is 25.0. The van der Waals surface area contributed by atoms with Gasteiger partial charge in [-0.15, -0.1) is 0 Å². The van der Waals surface area contributed by atoms with Crippen molar-refractivity contribution in [3.8, 4) is 0 Å². The number of allylic oxidation sites excluding steroid dienone is 1. The van der Waals surface area contributed by atoms with Crippen molar-refractivity contribution < 1.29 is 14.7 Å². The third-order valence-electron chi connectivity index (χ3n) is 2.34. The molecular formula is C12H7Cl2NO3. The Hall–Kier alpha value is -1.78. The van der Waals surface area contributed by atoms with Crippen molar-refractivity contribution in [2.45, 2.75) is 0 Å². The Kier molecular flexibility index (Phi) is 3.41. The van der Waals surface area contributed by atoms with Gasteiger partial charge in [-0.25, -0.2) is 4.79 Å². The molecule has 2 aromatic rings. The molecule has 6 heteroatoms. The second kappa shape index (κ2) is 4.84. The molecule has 1 aromatic carbocycles. The molecule has 0 spiro atoms. The minimum absolute atomic E-state index is 0.309. The predicted molar refractivity (Wildman–Crippen MR) is 69.4 cm³/mol. The molecule has 0 radical (unpaired) electrons. The third kappa shape index (κ3) is 2.39. The van der Waals surface area contributed by atoms with E-state index >= 15 is 0 Å². The van der Waals surface area contributed by atoms with E-state index in [0.29, 0.717) is 26.5 Å². The van der Waals surface area contributed by atoms with Gasteiger partial charge >= 0.3 is 5.97 Å². The molecule has 0 saturated carbocycles. The fourth-order valence-electron chi connectivity index (χ4n) is 1.61. The zero-order valence-corrected chi connectivity index (χ0v) is 10.4. The van der Waals surface area contributed by atoms with Crippen LogP contribution in [-0.4, -0.2) is 21.8 Å². The molecule has 18 heavy (non-hydrogen) atoms. The second-order valence-corrected chi connectivity index (χ2v) is 4.39. The van der Waals surface area contributed by atoms with Crippen LogP contribution in [0.1, 0.15) is 10.4 Å². The SMILES string of the molecule is O=C(O)/C=C/C(=O)c1c[nH]c2cc(Cl)cc(Cl)c12. The average Bonchev–Trinajstić information content (AvgIpc) is 2.69. The molecule has 1 aromatic heterocycles. The number of hydrogen-bond donors (Lipinski definition) is 2. The van der Waals surface area contributed by atoms with Crippen LogP contribution in [0.5, 0.6) is 0 Å². The summed E-state index contributed by atoms with van der Waals surface area (Å²) in [5, 5.41) is 9.79. The van der Waals surface area contributed by atoms with Crippen LogP contribution in [0.4, 0.5) is 0 Å². The van der Waals surface area contributed by atoms with Gasteiger partial charge in [0.15, 0.2) is 5.78 Å². The third-order valence-corrected chi connectivity index (χ3v) is 2.86. The van der Waals surface area contributed by atoms with Crippen molar-refractivity contribution in [3.05, 3.63) is 46.1 Å². The Bertz CT molecular complexity index is 673. The van der Waals surface area contributed by atoms with Gasteiger partial charge in [-0.3, -0.25) is 4.79 Å². The molecule has 0 saturated heterocycles. The summed E-state index contributed by atoms with van der Waals surface area (Å²) in [5.41, 5.74) is 0.934. The van der Waals surface area contributed by atoms with Crippen LogP contribution < -0.4 is 0 Å². The first kappa shape index (κ1) is 12.7. The fraction of sp³-hybridized carbons (Fsp3) is 0. The van der Waals surface area contributed by atoms with E-state index in [1.54, 1.807) is 6.07 Å². The summed E-state index contributed by atoms with van der Waals surface area (Å²) < 4.78 is 0. The fourth-order valence-corrected chi connectivity index (χ4v) is 2.21. The maximum absolute atomic E-state index is 11.8. The number of aliphatic carboxylic acids is 1. The molecule has 0 bridgehead atoms. The predicted octanol–water partition coefficient (Wildman–Crippen LogP) is 3.30. The molecule has 4 nitrogen and oxygen atoms in total. The number of aromatic nitrogens is 1. The number of rotatable bonds is 3. The molecule has 92 valence electrons. The number of benzene rings is 1. The van der Waals surface area contributed by atoms with E-state index in [1.807, 2.05) is 0 Å². The Labute approximate surface area is 112 Å². The summed E-state index contributed by atoms with van der Waals surface area (Å²) in [6.45, 7) is 0. The van der Waals surface area contributed by atoms with Crippen molar-refractivity contribution in [1.29, 1.82) is 0 Å². The maximum Gasteiger partial charge on any atom is 0.328 e. The average molecular weight is 284 g/mol. The van der Waals surface area contributed by atoms with Gasteiger partial charge in [0.1, 0.15) is 0 Å². The molecule has 0 aliphatic carbocycles. The van der Waals surface area contributed by atoms with Crippen LogP contribution in [0, 0.1) is 0 Å². The normalized spacial score (nSPS) is 11.2. The first-order chi connectivity index (χ1) is 8.49. The molecule has 1 heterocycles. The van der Waals surface area contributed by atoms with Gasteiger partial charge in [0.05, 0.1) is 5.02 Å². The van der Waals surface area contributed by atoms with E-state index in [1.165, 1.54) is 12.3 Å². The number of carboxylic acid groups (broad SMARTS) is 1. The molecule has 0 aliphatic rings. The van der Waals surface area contributed by atoms with E-state index in [2.05, 4.69) is 4.98 Å². The standard InChI is InChI=1S/C12H7Cl2NO3/c13-6-3-8(14)12-7(5-15-9(12)4-6)10(16)1-2-11(17)18/h1-5,15H,(H,17,18)/b2-1+. The van der Waals surface area contributed by atoms with Crippen molar-refractivity contribution in [2.24, 2.45) is 0 Å². The molecule has 2 rings (SSSR count). The van der Waals surface area contributed by atoms with Crippen LogP contribution in [0.15, 0.2) is 30.5 Å². The van der Waals surface area contributed by atoms with Crippen LogP contribution >= 0.6 is 23.2 Å². The van der Waals surface area contributed by atoms with Crippen LogP contribution in [0.2, 0.25) is 10.0 Å². The van der Waals surface area contributed by atoms with Gasteiger partial charge in [0, 0.05) is 33.8 Å². The number of carbonyl (C=O) groups excluding carboxylic acids is 1. The summed E-state index contributed by atoms with van der Waals surface area (Å²) >= 11 is 11.9. The van der Waals surface area contributed by atoms with E-state index in [9.17, 15) is 9.59 Å². The Morgan fingerprint density at radius 3 is 2.61 bits per heavy atom. The second-order valence-electron chi connectivity index (χ2n) is 3.55. The summed E-state index contributed by atoms with van der Waals surface area (Å²) in [7, 11) is 0. The first-order valence-corrected chi connectivity index (χ1v) is 5.66. The van der Waals surface area contributed by atoms with E-state index in [0.717, 1.165) is 12.2 Å². The highest BCUT2D eigenvalue weighted by Gasteiger charge is 2.13. The van der Waals surface area contributed by atoms with Crippen LogP contribution in [-0.2, 0) is 4.79 Å². The molecule has 0 atom stereocenters. The lowest BCUT2D eigenvalue weighted by Gasteiger charge is -1.98. The van der Waals surface area contributed by atoms with Gasteiger partial charge in [-0.1, -0.05) is 23.2 Å². The van der Waals surface area contributed by atoms with Crippen molar-refractivity contribution in [2.75, 3.05) is 0 Å². The van der Waals surface area contributed by atoms with E-state index in [-0.39, 0.29) is 0 Å². The Morgan fingerprint density at radius 1 is 1.22 bits per heavy atom. The maximum atomic E-state index is 11.8. The number of carbonyl (C=O) groups is 2. The van der Waals surface area contributed by atoms with Crippen LogP contribution in [0.25, 0.3) is 10.9 Å². The smallest absolute Gasteiger partial charge is 0.328 e. The van der Waals surface area contributed by atoms with Crippen LogP contribution in [0.3, 0.4) is 0 Å². The van der Waals surface area contributed by atoms with Crippen molar-refractivity contribution in [3.63, 3.8) is 0 Å². The van der Waals surface area contributed by atoms with Gasteiger partial charge < -0.3 is 10.1 Å². The summed E-state index contributed by atoms with van der Waals surface area (Å²) in [5.74, 6) is -1.62. The quantitative estimate of drug-likeness (QED) is 0.671. The number of carboxylic acids is 1. The monoisotopic (exact) mass is 283 g/mol. The number of ketones is 1. The highest BCUT2D eigenvalue weighted by atomic mass is 35.5. The number of aromatic amines is 1. The zero-order valence-electron chi connectivity index (χ0n) is 8.91. The Morgan fingerprint density at radius 2 is 1.94 bits per heavy atom. The van der Waals surface area contributed by atoms with E-state index in [4.69, 9.17) is 28.3 Å². The van der Waals surface area contributed by atoms with Gasteiger partial charge in [0.2, 0.25) is 0 Å². The number of fused-ring (bicyclic) bond motifs is 1. The van der Waals surface area contributed by atoms with E-state index < -0.39 is 11.8 Å². The summed E-state index contributed by atoms with van der Waals surface area (Å²) in [6.07, 6.45) is 3.24. The molecule has 0 amide bonds. The van der Waals surface area contributed by atoms with Crippen molar-refractivity contribution >= 4 is 45.9 Å². The lowest BCUT2D eigenvalue weighted by Crippen LogP contribution is -1.95. The molecule has 0 unspecified atom stereocenters. The number of halogens is 2. The van der Waals surface area contributed by atoms with Gasteiger partial charge in [-0.2, -0.15) is 0 Å². The topological polar surface area (TPSA) is 70.2 Å². The van der Waals surface area contributed by atoms with Gasteiger partial charge in [0.25, 0.3) is 0 Å². The largest absolute Gasteiger partial charge is 0.478 e. The lowest BCUT2D eigenvalue weighted by molar-refractivity contribution is -0.131. The molecular weight excluding hydrogens is 277 g/mol. The summed E-state index contributed by atoms with van der Waals surface area (Å²) in [6, 6.07) is 3.16. The minimum Gasteiger partial charge on any atom is -0.478 e. The number of hydrogen-bond acceptors (Lipinski definition) is 2. The highest BCUT2D eigenvalue weighted by Crippen LogP contribution is 2.30. The zero-order chi connectivity index (χ0) is 13.3. The number of nitrogens with one attached hydrogen (secondary N) is 1. The molecule has 0 aliphatic heterocycles. The first-order valence-electron chi connectivity index (χ1n) is 4.90. The van der Waals surface area contributed by atoms with Gasteiger partial charge in [-0.05, 0) is 18.2 Å². The minimum atomic E-state index is -1.18. The molecule has 2 N–H and O–H groups in total. The number of H-pyrrole nitrogens is 1. The van der Waals surface area contributed by atoms with Crippen molar-refractivity contribution in [1.82, 2.24) is 4.98 Å². The molecule has 0 fully saturated rings. The Balaban J connectivity index is 2.53. The lowest BCUT2D eigenvalue weighted by atomic mass is 10.1.